The van der Waals surface area contributed by atoms with E-state index in [-0.39, 0.29) is 12.1 Å². The van der Waals surface area contributed by atoms with Gasteiger partial charge in [-0.25, -0.2) is 4.79 Å². The highest BCUT2D eigenvalue weighted by molar-refractivity contribution is 7.15. The van der Waals surface area contributed by atoms with E-state index < -0.39 is 0 Å². The molecule has 5 heteroatoms. The summed E-state index contributed by atoms with van der Waals surface area (Å²) in [4.78, 5) is 17.4. The smallest absolute Gasteiger partial charge is 0.318 e. The maximum Gasteiger partial charge on any atom is 0.318 e. The SMILES string of the molecule is O=C(NC1CCCC1)N1Cc2c(sc3c2CCCC3)-n2cccc2C1c1ccccc1. The van der Waals surface area contributed by atoms with Crippen molar-refractivity contribution in [2.75, 3.05) is 0 Å². The maximum absolute atomic E-state index is 13.7. The van der Waals surface area contributed by atoms with Crippen molar-refractivity contribution in [1.29, 1.82) is 0 Å². The van der Waals surface area contributed by atoms with E-state index in [1.54, 1.807) is 0 Å². The molecule has 0 spiro atoms. The summed E-state index contributed by atoms with van der Waals surface area (Å²) in [6, 6.07) is 15.2. The lowest BCUT2D eigenvalue weighted by atomic mass is 9.95. The minimum Gasteiger partial charge on any atom is -0.335 e. The summed E-state index contributed by atoms with van der Waals surface area (Å²) in [6.45, 7) is 0.682. The third-order valence-electron chi connectivity index (χ3n) is 7.24. The molecule has 0 radical (unpaired) electrons. The predicted octanol–water partition coefficient (Wildman–Crippen LogP) is 5.97. The quantitative estimate of drug-likeness (QED) is 0.533. The Morgan fingerprint density at radius 2 is 1.74 bits per heavy atom. The largest absolute Gasteiger partial charge is 0.335 e. The molecule has 6 rings (SSSR count). The number of hydrogen-bond acceptors (Lipinski definition) is 2. The molecule has 1 unspecified atom stereocenters. The average Bonchev–Trinajstić information content (AvgIpc) is 3.53. The molecule has 1 saturated carbocycles. The molecule has 0 bridgehead atoms. The highest BCUT2D eigenvalue weighted by atomic mass is 32.1. The Morgan fingerprint density at radius 1 is 0.935 bits per heavy atom. The van der Waals surface area contributed by atoms with Crippen LogP contribution < -0.4 is 5.32 Å². The number of amides is 2. The van der Waals surface area contributed by atoms with E-state index in [4.69, 9.17) is 0 Å². The number of fused-ring (bicyclic) bond motifs is 5. The summed E-state index contributed by atoms with van der Waals surface area (Å²) < 4.78 is 2.36. The minimum atomic E-state index is -0.0866. The van der Waals surface area contributed by atoms with Crippen molar-refractivity contribution in [2.24, 2.45) is 0 Å². The van der Waals surface area contributed by atoms with Crippen LogP contribution >= 0.6 is 11.3 Å². The second kappa shape index (κ2) is 7.86. The van der Waals surface area contributed by atoms with Crippen molar-refractivity contribution in [2.45, 2.75) is 70.0 Å². The normalized spacial score (nSPS) is 20.6. The van der Waals surface area contributed by atoms with Crippen LogP contribution in [-0.4, -0.2) is 21.5 Å². The predicted molar refractivity (Wildman–Crippen MR) is 125 cm³/mol. The van der Waals surface area contributed by atoms with Crippen LogP contribution in [0.25, 0.3) is 5.00 Å². The molecule has 1 aromatic carbocycles. The van der Waals surface area contributed by atoms with E-state index in [9.17, 15) is 4.79 Å². The van der Waals surface area contributed by atoms with Crippen molar-refractivity contribution in [3.8, 4) is 5.00 Å². The highest BCUT2D eigenvalue weighted by Crippen LogP contribution is 2.44. The number of nitrogens with one attached hydrogen (secondary N) is 1. The zero-order valence-corrected chi connectivity index (χ0v) is 18.7. The first-order valence-electron chi connectivity index (χ1n) is 11.7. The lowest BCUT2D eigenvalue weighted by Crippen LogP contribution is -2.45. The number of aromatic nitrogens is 1. The number of carbonyl (C=O) groups excluding carboxylic acids is 1. The summed E-state index contributed by atoms with van der Waals surface area (Å²) in [7, 11) is 0. The topological polar surface area (TPSA) is 37.3 Å². The monoisotopic (exact) mass is 431 g/mol. The van der Waals surface area contributed by atoms with Gasteiger partial charge in [-0.05, 0) is 61.8 Å². The van der Waals surface area contributed by atoms with Crippen LogP contribution in [0.1, 0.15) is 71.8 Å². The Morgan fingerprint density at radius 3 is 2.58 bits per heavy atom. The van der Waals surface area contributed by atoms with E-state index in [1.807, 2.05) is 11.3 Å². The fraction of sp³-hybridized carbons (Fsp3) is 0.423. The van der Waals surface area contributed by atoms with Gasteiger partial charge in [-0.3, -0.25) is 0 Å². The molecule has 3 heterocycles. The Hall–Kier alpha value is -2.53. The summed E-state index contributed by atoms with van der Waals surface area (Å²) in [5.74, 6) is 0. The zero-order valence-electron chi connectivity index (χ0n) is 17.8. The summed E-state index contributed by atoms with van der Waals surface area (Å²) in [6.07, 6.45) is 11.7. The molecule has 0 saturated heterocycles. The van der Waals surface area contributed by atoms with Crippen LogP contribution in [0.3, 0.4) is 0 Å². The number of aryl methyl sites for hydroxylation is 1. The average molecular weight is 432 g/mol. The van der Waals surface area contributed by atoms with Crippen LogP contribution in [0.4, 0.5) is 4.79 Å². The minimum absolute atomic E-state index is 0.0807. The number of carbonyl (C=O) groups is 1. The third-order valence-corrected chi connectivity index (χ3v) is 8.57. The molecule has 3 aromatic rings. The maximum atomic E-state index is 13.7. The molecule has 3 aliphatic rings. The molecule has 2 aliphatic carbocycles. The molecule has 31 heavy (non-hydrogen) atoms. The van der Waals surface area contributed by atoms with E-state index in [0.29, 0.717) is 12.6 Å². The van der Waals surface area contributed by atoms with Gasteiger partial charge in [0, 0.05) is 22.7 Å². The van der Waals surface area contributed by atoms with Gasteiger partial charge in [0.1, 0.15) is 5.00 Å². The van der Waals surface area contributed by atoms with E-state index >= 15 is 0 Å². The van der Waals surface area contributed by atoms with Gasteiger partial charge < -0.3 is 14.8 Å². The van der Waals surface area contributed by atoms with Crippen molar-refractivity contribution >= 4 is 17.4 Å². The Balaban J connectivity index is 1.49. The molecule has 160 valence electrons. The molecular formula is C26H29N3OS. The summed E-state index contributed by atoms with van der Waals surface area (Å²) >= 11 is 1.95. The van der Waals surface area contributed by atoms with Crippen LogP contribution in [0.2, 0.25) is 0 Å². The first-order chi connectivity index (χ1) is 15.3. The molecule has 1 N–H and O–H groups in total. The van der Waals surface area contributed by atoms with Crippen LogP contribution in [0.15, 0.2) is 48.7 Å². The van der Waals surface area contributed by atoms with E-state index in [1.165, 1.54) is 64.4 Å². The molecule has 1 atom stereocenters. The molecule has 2 aromatic heterocycles. The molecule has 1 aliphatic heterocycles. The number of benzene rings is 1. The summed E-state index contributed by atoms with van der Waals surface area (Å²) in [5, 5.41) is 4.71. The Kier molecular flexibility index (Phi) is 4.87. The van der Waals surface area contributed by atoms with E-state index in [2.05, 4.69) is 63.4 Å². The first kappa shape index (κ1) is 19.2. The standard InChI is InChI=1S/C26H29N3OS/c30-26(27-19-11-4-5-12-19)29-17-21-20-13-6-7-15-23(20)31-25(21)28-16-8-14-22(28)24(29)18-9-2-1-3-10-18/h1-3,8-10,14,16,19,24H,4-7,11-13,15,17H2,(H,27,30). The lowest BCUT2D eigenvalue weighted by molar-refractivity contribution is 0.176. The van der Waals surface area contributed by atoms with Crippen LogP contribution in [0, 0.1) is 0 Å². The van der Waals surface area contributed by atoms with Crippen molar-refractivity contribution < 1.29 is 4.79 Å². The third kappa shape index (κ3) is 3.30. The van der Waals surface area contributed by atoms with Gasteiger partial charge in [0.15, 0.2) is 0 Å². The lowest BCUT2D eigenvalue weighted by Gasteiger charge is -2.32. The van der Waals surface area contributed by atoms with Gasteiger partial charge >= 0.3 is 6.03 Å². The van der Waals surface area contributed by atoms with Crippen molar-refractivity contribution in [1.82, 2.24) is 14.8 Å². The van der Waals surface area contributed by atoms with Gasteiger partial charge in [-0.1, -0.05) is 43.2 Å². The number of rotatable bonds is 2. The Bertz CT molecular complexity index is 1090. The fourth-order valence-corrected chi connectivity index (χ4v) is 7.10. The summed E-state index contributed by atoms with van der Waals surface area (Å²) in [5.41, 5.74) is 5.24. The molecule has 1 fully saturated rings. The Labute approximate surface area is 187 Å². The van der Waals surface area contributed by atoms with Gasteiger partial charge in [0.2, 0.25) is 0 Å². The van der Waals surface area contributed by atoms with Gasteiger partial charge in [-0.15, -0.1) is 11.3 Å². The van der Waals surface area contributed by atoms with Crippen LogP contribution in [-0.2, 0) is 19.4 Å². The number of thiophene rings is 1. The van der Waals surface area contributed by atoms with Gasteiger partial charge in [0.25, 0.3) is 0 Å². The fourth-order valence-electron chi connectivity index (χ4n) is 5.70. The molecule has 4 nitrogen and oxygen atoms in total. The van der Waals surface area contributed by atoms with E-state index in [0.717, 1.165) is 19.3 Å². The van der Waals surface area contributed by atoms with Crippen LogP contribution in [0.5, 0.6) is 0 Å². The number of urea groups is 1. The van der Waals surface area contributed by atoms with Gasteiger partial charge in [0.05, 0.1) is 18.3 Å². The van der Waals surface area contributed by atoms with Crippen molar-refractivity contribution in [3.05, 3.63) is 75.9 Å². The number of hydrogen-bond donors (Lipinski definition) is 1. The first-order valence-corrected chi connectivity index (χ1v) is 12.5. The second-order valence-electron chi connectivity index (χ2n) is 9.17. The van der Waals surface area contributed by atoms with Crippen molar-refractivity contribution in [3.63, 3.8) is 0 Å². The molecular weight excluding hydrogens is 402 g/mol. The van der Waals surface area contributed by atoms with Gasteiger partial charge in [-0.2, -0.15) is 0 Å². The molecule has 2 amide bonds. The highest BCUT2D eigenvalue weighted by Gasteiger charge is 2.36. The number of nitrogens with zero attached hydrogens (tertiary/aromatic N) is 2. The second-order valence-corrected chi connectivity index (χ2v) is 10.3. The zero-order chi connectivity index (χ0) is 20.8.